The molecule has 0 bridgehead atoms. The standard InChI is InChI=1S/C16H19NO3/c18-15(13-6-3-7-14(13)16(19)20)17-9-8-11-4-1-2-5-12(11)10-17/h1-2,4-5,13-14H,3,6-10H2,(H,19,20). The summed E-state index contributed by atoms with van der Waals surface area (Å²) in [7, 11) is 0. The van der Waals surface area contributed by atoms with Gasteiger partial charge in [-0.1, -0.05) is 30.7 Å². The smallest absolute Gasteiger partial charge is 0.307 e. The van der Waals surface area contributed by atoms with Crippen LogP contribution in [0.15, 0.2) is 24.3 Å². The zero-order chi connectivity index (χ0) is 14.1. The predicted octanol–water partition coefficient (Wildman–Crippen LogP) is 2.07. The van der Waals surface area contributed by atoms with Crippen molar-refractivity contribution in [1.82, 2.24) is 4.90 Å². The number of nitrogens with zero attached hydrogens (tertiary/aromatic N) is 1. The number of carbonyl (C=O) groups is 2. The molecule has 2 unspecified atom stereocenters. The molecular formula is C16H19NO3. The van der Waals surface area contributed by atoms with Crippen LogP contribution in [-0.4, -0.2) is 28.4 Å². The van der Waals surface area contributed by atoms with E-state index >= 15 is 0 Å². The van der Waals surface area contributed by atoms with Crippen LogP contribution in [0.4, 0.5) is 0 Å². The SMILES string of the molecule is O=C(O)C1CCCC1C(=O)N1CCc2ccccc2C1. The lowest BCUT2D eigenvalue weighted by atomic mass is 9.92. The van der Waals surface area contributed by atoms with E-state index in [2.05, 4.69) is 12.1 Å². The molecule has 1 aromatic carbocycles. The van der Waals surface area contributed by atoms with Gasteiger partial charge in [-0.15, -0.1) is 0 Å². The van der Waals surface area contributed by atoms with Crippen LogP contribution in [0.2, 0.25) is 0 Å². The average Bonchev–Trinajstić information content (AvgIpc) is 2.95. The number of aliphatic carboxylic acids is 1. The number of benzene rings is 1. The minimum atomic E-state index is -0.821. The lowest BCUT2D eigenvalue weighted by Crippen LogP contribution is -2.41. The molecule has 4 heteroatoms. The van der Waals surface area contributed by atoms with E-state index in [1.807, 2.05) is 17.0 Å². The Balaban J connectivity index is 1.74. The number of amides is 1. The molecule has 1 N–H and O–H groups in total. The molecule has 1 aliphatic heterocycles. The molecule has 1 aliphatic carbocycles. The number of hydrogen-bond donors (Lipinski definition) is 1. The summed E-state index contributed by atoms with van der Waals surface area (Å²) in [6, 6.07) is 8.17. The van der Waals surface area contributed by atoms with Gasteiger partial charge in [0.25, 0.3) is 0 Å². The molecule has 106 valence electrons. The minimum absolute atomic E-state index is 0.0319. The Hall–Kier alpha value is -1.84. The summed E-state index contributed by atoms with van der Waals surface area (Å²) in [5.41, 5.74) is 2.50. The molecule has 0 spiro atoms. The molecule has 4 nitrogen and oxygen atoms in total. The van der Waals surface area contributed by atoms with Crippen LogP contribution in [0, 0.1) is 11.8 Å². The molecule has 2 aliphatic rings. The van der Waals surface area contributed by atoms with Crippen molar-refractivity contribution in [2.24, 2.45) is 11.8 Å². The quantitative estimate of drug-likeness (QED) is 0.897. The van der Waals surface area contributed by atoms with Gasteiger partial charge in [0.05, 0.1) is 11.8 Å². The monoisotopic (exact) mass is 273 g/mol. The van der Waals surface area contributed by atoms with Gasteiger partial charge < -0.3 is 10.0 Å². The van der Waals surface area contributed by atoms with Gasteiger partial charge in [-0.05, 0) is 30.4 Å². The van der Waals surface area contributed by atoms with Gasteiger partial charge in [0.1, 0.15) is 0 Å². The van der Waals surface area contributed by atoms with Crippen molar-refractivity contribution in [3.8, 4) is 0 Å². The minimum Gasteiger partial charge on any atom is -0.481 e. The first-order valence-electron chi connectivity index (χ1n) is 7.25. The van der Waals surface area contributed by atoms with E-state index in [0.29, 0.717) is 25.9 Å². The lowest BCUT2D eigenvalue weighted by molar-refractivity contribution is -0.149. The van der Waals surface area contributed by atoms with E-state index in [9.17, 15) is 14.7 Å². The highest BCUT2D eigenvalue weighted by Crippen LogP contribution is 2.34. The summed E-state index contributed by atoms with van der Waals surface area (Å²) in [5.74, 6) is -1.60. The van der Waals surface area contributed by atoms with Crippen LogP contribution in [-0.2, 0) is 22.6 Å². The molecule has 1 fully saturated rings. The van der Waals surface area contributed by atoms with E-state index in [-0.39, 0.29) is 11.8 Å². The molecule has 0 saturated heterocycles. The number of carboxylic acid groups (broad SMARTS) is 1. The van der Waals surface area contributed by atoms with E-state index in [4.69, 9.17) is 0 Å². The molecule has 1 saturated carbocycles. The van der Waals surface area contributed by atoms with Crippen LogP contribution in [0.25, 0.3) is 0 Å². The summed E-state index contributed by atoms with van der Waals surface area (Å²) in [6.07, 6.45) is 3.06. The maximum atomic E-state index is 12.6. The predicted molar refractivity (Wildman–Crippen MR) is 74.0 cm³/mol. The van der Waals surface area contributed by atoms with Crippen molar-refractivity contribution < 1.29 is 14.7 Å². The summed E-state index contributed by atoms with van der Waals surface area (Å²) in [4.78, 5) is 25.7. The molecule has 1 amide bonds. The Morgan fingerprint density at radius 1 is 1.10 bits per heavy atom. The van der Waals surface area contributed by atoms with Crippen molar-refractivity contribution in [3.05, 3.63) is 35.4 Å². The maximum Gasteiger partial charge on any atom is 0.307 e. The van der Waals surface area contributed by atoms with Gasteiger partial charge in [-0.2, -0.15) is 0 Å². The van der Waals surface area contributed by atoms with Gasteiger partial charge in [-0.25, -0.2) is 0 Å². The van der Waals surface area contributed by atoms with Gasteiger partial charge in [0.2, 0.25) is 5.91 Å². The van der Waals surface area contributed by atoms with Crippen molar-refractivity contribution in [3.63, 3.8) is 0 Å². The highest BCUT2D eigenvalue weighted by atomic mass is 16.4. The molecule has 3 rings (SSSR count). The van der Waals surface area contributed by atoms with E-state index in [1.165, 1.54) is 11.1 Å². The van der Waals surface area contributed by atoms with Crippen LogP contribution in [0.1, 0.15) is 30.4 Å². The third-order valence-corrected chi connectivity index (χ3v) is 4.59. The number of carboxylic acids is 1. The fourth-order valence-electron chi connectivity index (χ4n) is 3.47. The van der Waals surface area contributed by atoms with Gasteiger partial charge in [0.15, 0.2) is 0 Å². The molecule has 0 aromatic heterocycles. The molecule has 20 heavy (non-hydrogen) atoms. The highest BCUT2D eigenvalue weighted by molar-refractivity contribution is 5.85. The van der Waals surface area contributed by atoms with Crippen molar-refractivity contribution >= 4 is 11.9 Å². The highest BCUT2D eigenvalue weighted by Gasteiger charge is 2.40. The van der Waals surface area contributed by atoms with E-state index in [1.54, 1.807) is 0 Å². The van der Waals surface area contributed by atoms with Crippen LogP contribution in [0.5, 0.6) is 0 Å². The van der Waals surface area contributed by atoms with Crippen molar-refractivity contribution in [2.75, 3.05) is 6.54 Å². The second-order valence-corrected chi connectivity index (χ2v) is 5.76. The zero-order valence-electron chi connectivity index (χ0n) is 11.4. The lowest BCUT2D eigenvalue weighted by Gasteiger charge is -2.31. The summed E-state index contributed by atoms with van der Waals surface area (Å²) >= 11 is 0. The van der Waals surface area contributed by atoms with E-state index in [0.717, 1.165) is 12.8 Å². The molecular weight excluding hydrogens is 254 g/mol. The third kappa shape index (κ3) is 2.30. The normalized spacial score (nSPS) is 25.3. The fourth-order valence-corrected chi connectivity index (χ4v) is 3.47. The summed E-state index contributed by atoms with van der Waals surface area (Å²) in [5, 5.41) is 9.22. The Bertz CT molecular complexity index is 540. The largest absolute Gasteiger partial charge is 0.481 e. The number of fused-ring (bicyclic) bond motifs is 1. The Morgan fingerprint density at radius 2 is 1.80 bits per heavy atom. The number of rotatable bonds is 2. The summed E-state index contributed by atoms with van der Waals surface area (Å²) < 4.78 is 0. The molecule has 0 radical (unpaired) electrons. The Kier molecular flexibility index (Phi) is 3.47. The van der Waals surface area contributed by atoms with Gasteiger partial charge in [0, 0.05) is 13.1 Å². The fraction of sp³-hybridized carbons (Fsp3) is 0.500. The maximum absolute atomic E-state index is 12.6. The first kappa shape index (κ1) is 13.2. The Morgan fingerprint density at radius 3 is 2.55 bits per heavy atom. The third-order valence-electron chi connectivity index (χ3n) is 4.59. The summed E-state index contributed by atoms with van der Waals surface area (Å²) in [6.45, 7) is 1.33. The van der Waals surface area contributed by atoms with E-state index < -0.39 is 11.9 Å². The van der Waals surface area contributed by atoms with Crippen LogP contribution >= 0.6 is 0 Å². The van der Waals surface area contributed by atoms with Crippen LogP contribution in [0.3, 0.4) is 0 Å². The molecule has 1 heterocycles. The second-order valence-electron chi connectivity index (χ2n) is 5.76. The molecule has 1 aromatic rings. The van der Waals surface area contributed by atoms with Crippen LogP contribution < -0.4 is 0 Å². The first-order valence-corrected chi connectivity index (χ1v) is 7.25. The van der Waals surface area contributed by atoms with Gasteiger partial charge in [-0.3, -0.25) is 9.59 Å². The zero-order valence-corrected chi connectivity index (χ0v) is 11.4. The average molecular weight is 273 g/mol. The topological polar surface area (TPSA) is 57.6 Å². The number of carbonyl (C=O) groups excluding carboxylic acids is 1. The second kappa shape index (κ2) is 5.27. The molecule has 2 atom stereocenters. The van der Waals surface area contributed by atoms with Crippen molar-refractivity contribution in [2.45, 2.75) is 32.2 Å². The Labute approximate surface area is 118 Å². The first-order chi connectivity index (χ1) is 9.66. The number of hydrogen-bond acceptors (Lipinski definition) is 2. The van der Waals surface area contributed by atoms with Crippen molar-refractivity contribution in [1.29, 1.82) is 0 Å². The van der Waals surface area contributed by atoms with Gasteiger partial charge >= 0.3 is 5.97 Å².